The first kappa shape index (κ1) is 17.6. The summed E-state index contributed by atoms with van der Waals surface area (Å²) in [6.45, 7) is 9.23. The van der Waals surface area contributed by atoms with Gasteiger partial charge < -0.3 is 14.2 Å². The summed E-state index contributed by atoms with van der Waals surface area (Å²) in [7, 11) is 0. The van der Waals surface area contributed by atoms with Crippen molar-refractivity contribution < 1.29 is 14.2 Å². The van der Waals surface area contributed by atoms with Gasteiger partial charge in [-0.25, -0.2) is 0 Å². The molecule has 2 aromatic carbocycles. The molecule has 126 valence electrons. The Bertz CT molecular complexity index is 678. The van der Waals surface area contributed by atoms with E-state index in [4.69, 9.17) is 14.2 Å². The molecular formula is C20H23NO3. The van der Waals surface area contributed by atoms with Gasteiger partial charge in [0.05, 0.1) is 18.9 Å². The van der Waals surface area contributed by atoms with E-state index in [9.17, 15) is 0 Å². The van der Waals surface area contributed by atoms with Crippen LogP contribution >= 0.6 is 0 Å². The highest BCUT2D eigenvalue weighted by molar-refractivity contribution is 5.83. The quantitative estimate of drug-likeness (QED) is 0.491. The minimum Gasteiger partial charge on any atom is -0.494 e. The van der Waals surface area contributed by atoms with Gasteiger partial charge in [-0.05, 0) is 61.9 Å². The van der Waals surface area contributed by atoms with Crippen LogP contribution in [0.3, 0.4) is 0 Å². The van der Waals surface area contributed by atoms with E-state index in [1.54, 1.807) is 12.3 Å². The lowest BCUT2D eigenvalue weighted by Crippen LogP contribution is -1.99. The standard InChI is InChI=1S/C20H23NO3/c1-4-13-24-19-12-7-16(14-20(19)23-6-3)15-21-17-8-10-18(11-9-17)22-5-2/h4,7-12,14-15H,1,5-6,13H2,2-3H3. The number of hydrogen-bond acceptors (Lipinski definition) is 4. The summed E-state index contributed by atoms with van der Waals surface area (Å²) in [5.74, 6) is 2.25. The van der Waals surface area contributed by atoms with E-state index < -0.39 is 0 Å². The fraction of sp³-hybridized carbons (Fsp3) is 0.250. The summed E-state index contributed by atoms with van der Waals surface area (Å²) in [6.07, 6.45) is 3.51. The molecule has 0 saturated heterocycles. The molecule has 2 rings (SSSR count). The van der Waals surface area contributed by atoms with Crippen molar-refractivity contribution in [3.8, 4) is 17.2 Å². The molecule has 0 aliphatic carbocycles. The van der Waals surface area contributed by atoms with Crippen LogP contribution in [-0.4, -0.2) is 26.0 Å². The molecule has 0 spiro atoms. The molecule has 0 heterocycles. The van der Waals surface area contributed by atoms with E-state index in [0.717, 1.165) is 17.0 Å². The third-order valence-corrected chi connectivity index (χ3v) is 3.13. The lowest BCUT2D eigenvalue weighted by Gasteiger charge is -2.11. The summed E-state index contributed by atoms with van der Waals surface area (Å²) < 4.78 is 16.6. The maximum atomic E-state index is 5.63. The van der Waals surface area contributed by atoms with E-state index >= 15 is 0 Å². The van der Waals surface area contributed by atoms with E-state index in [2.05, 4.69) is 11.6 Å². The van der Waals surface area contributed by atoms with Gasteiger partial charge in [-0.3, -0.25) is 4.99 Å². The molecule has 0 N–H and O–H groups in total. The van der Waals surface area contributed by atoms with Crippen molar-refractivity contribution in [3.05, 3.63) is 60.7 Å². The second-order valence-corrected chi connectivity index (χ2v) is 4.92. The van der Waals surface area contributed by atoms with E-state index in [1.807, 2.05) is 56.3 Å². The number of ether oxygens (including phenoxy) is 3. The fourth-order valence-electron chi connectivity index (χ4n) is 2.09. The molecule has 0 atom stereocenters. The molecule has 4 heteroatoms. The van der Waals surface area contributed by atoms with Gasteiger partial charge in [-0.15, -0.1) is 0 Å². The minimum atomic E-state index is 0.444. The normalized spacial score (nSPS) is 10.6. The predicted molar refractivity (Wildman–Crippen MR) is 98.2 cm³/mol. The monoisotopic (exact) mass is 325 g/mol. The van der Waals surface area contributed by atoms with E-state index in [1.165, 1.54) is 0 Å². The zero-order valence-corrected chi connectivity index (χ0v) is 14.2. The molecule has 0 fully saturated rings. The largest absolute Gasteiger partial charge is 0.494 e. The summed E-state index contributed by atoms with van der Waals surface area (Å²) in [5, 5.41) is 0. The highest BCUT2D eigenvalue weighted by Crippen LogP contribution is 2.28. The average Bonchev–Trinajstić information content (AvgIpc) is 2.61. The molecule has 0 bridgehead atoms. The summed E-state index contributed by atoms with van der Waals surface area (Å²) in [5.41, 5.74) is 1.81. The van der Waals surface area contributed by atoms with Crippen molar-refractivity contribution in [1.82, 2.24) is 0 Å². The predicted octanol–water partition coefficient (Wildman–Crippen LogP) is 4.80. The Morgan fingerprint density at radius 2 is 1.67 bits per heavy atom. The van der Waals surface area contributed by atoms with Gasteiger partial charge in [0.2, 0.25) is 0 Å². The Kier molecular flexibility index (Phi) is 6.90. The van der Waals surface area contributed by atoms with Crippen LogP contribution in [0.15, 0.2) is 60.1 Å². The van der Waals surface area contributed by atoms with Gasteiger partial charge in [0.15, 0.2) is 11.5 Å². The lowest BCUT2D eigenvalue weighted by atomic mass is 10.2. The van der Waals surface area contributed by atoms with Gasteiger partial charge in [0.1, 0.15) is 12.4 Å². The van der Waals surface area contributed by atoms with Gasteiger partial charge >= 0.3 is 0 Å². The number of nitrogens with zero attached hydrogens (tertiary/aromatic N) is 1. The van der Waals surface area contributed by atoms with Gasteiger partial charge in [0, 0.05) is 6.21 Å². The fourth-order valence-corrected chi connectivity index (χ4v) is 2.09. The van der Waals surface area contributed by atoms with Crippen LogP contribution in [-0.2, 0) is 0 Å². The maximum absolute atomic E-state index is 5.63. The Hall–Kier alpha value is -2.75. The van der Waals surface area contributed by atoms with Crippen LogP contribution in [0.2, 0.25) is 0 Å². The Labute approximate surface area is 143 Å². The zero-order chi connectivity index (χ0) is 17.2. The van der Waals surface area contributed by atoms with Crippen LogP contribution in [0.1, 0.15) is 19.4 Å². The van der Waals surface area contributed by atoms with Crippen molar-refractivity contribution in [2.75, 3.05) is 19.8 Å². The first-order chi connectivity index (χ1) is 11.8. The lowest BCUT2D eigenvalue weighted by molar-refractivity contribution is 0.297. The molecule has 0 saturated carbocycles. The third kappa shape index (κ3) is 5.16. The van der Waals surface area contributed by atoms with Crippen molar-refractivity contribution in [3.63, 3.8) is 0 Å². The van der Waals surface area contributed by atoms with Crippen LogP contribution < -0.4 is 14.2 Å². The molecule has 0 aliphatic heterocycles. The number of aliphatic imine (C=N–C) groups is 1. The van der Waals surface area contributed by atoms with Crippen LogP contribution in [0.25, 0.3) is 0 Å². The second-order valence-electron chi connectivity index (χ2n) is 4.92. The summed E-state index contributed by atoms with van der Waals surface area (Å²) >= 11 is 0. The van der Waals surface area contributed by atoms with E-state index in [-0.39, 0.29) is 0 Å². The Morgan fingerprint density at radius 3 is 2.33 bits per heavy atom. The first-order valence-electron chi connectivity index (χ1n) is 8.04. The molecule has 0 amide bonds. The second kappa shape index (κ2) is 9.40. The summed E-state index contributed by atoms with van der Waals surface area (Å²) in [6, 6.07) is 13.4. The smallest absolute Gasteiger partial charge is 0.161 e. The van der Waals surface area contributed by atoms with Crippen molar-refractivity contribution in [1.29, 1.82) is 0 Å². The van der Waals surface area contributed by atoms with Gasteiger partial charge in [-0.2, -0.15) is 0 Å². The Morgan fingerprint density at radius 1 is 0.917 bits per heavy atom. The highest BCUT2D eigenvalue weighted by Gasteiger charge is 2.05. The van der Waals surface area contributed by atoms with Crippen molar-refractivity contribution in [2.24, 2.45) is 4.99 Å². The molecule has 0 radical (unpaired) electrons. The van der Waals surface area contributed by atoms with Crippen molar-refractivity contribution >= 4 is 11.9 Å². The average molecular weight is 325 g/mol. The molecule has 24 heavy (non-hydrogen) atoms. The van der Waals surface area contributed by atoms with Gasteiger partial charge in [0.25, 0.3) is 0 Å². The third-order valence-electron chi connectivity index (χ3n) is 3.13. The highest BCUT2D eigenvalue weighted by atomic mass is 16.5. The first-order valence-corrected chi connectivity index (χ1v) is 8.04. The number of hydrogen-bond donors (Lipinski definition) is 0. The molecular weight excluding hydrogens is 302 g/mol. The van der Waals surface area contributed by atoms with E-state index in [0.29, 0.717) is 31.3 Å². The minimum absolute atomic E-state index is 0.444. The SMILES string of the molecule is C=CCOc1ccc(C=Nc2ccc(OCC)cc2)cc1OCC. The molecule has 0 aromatic heterocycles. The molecule has 4 nitrogen and oxygen atoms in total. The zero-order valence-electron chi connectivity index (χ0n) is 14.2. The number of benzene rings is 2. The number of rotatable bonds is 9. The Balaban J connectivity index is 2.12. The van der Waals surface area contributed by atoms with Crippen molar-refractivity contribution in [2.45, 2.75) is 13.8 Å². The van der Waals surface area contributed by atoms with Crippen LogP contribution in [0.5, 0.6) is 17.2 Å². The summed E-state index contributed by atoms with van der Waals surface area (Å²) in [4.78, 5) is 4.48. The molecule has 0 unspecified atom stereocenters. The molecule has 2 aromatic rings. The maximum Gasteiger partial charge on any atom is 0.161 e. The molecule has 0 aliphatic rings. The van der Waals surface area contributed by atoms with Crippen LogP contribution in [0, 0.1) is 0 Å². The van der Waals surface area contributed by atoms with Crippen LogP contribution in [0.4, 0.5) is 5.69 Å². The van der Waals surface area contributed by atoms with Gasteiger partial charge in [-0.1, -0.05) is 12.7 Å². The topological polar surface area (TPSA) is 40.0 Å².